The summed E-state index contributed by atoms with van der Waals surface area (Å²) in [5.74, 6) is 0.446. The predicted molar refractivity (Wildman–Crippen MR) is 88.6 cm³/mol. The van der Waals surface area contributed by atoms with Gasteiger partial charge in [-0.25, -0.2) is 4.79 Å². The summed E-state index contributed by atoms with van der Waals surface area (Å²) in [6, 6.07) is 8.75. The second kappa shape index (κ2) is 7.21. The first kappa shape index (κ1) is 16.8. The Balaban J connectivity index is 1.58. The molecule has 3 rings (SSSR count). The van der Waals surface area contributed by atoms with Crippen LogP contribution in [0.3, 0.4) is 0 Å². The Kier molecular flexibility index (Phi) is 5.04. The SMILES string of the molecule is O=C1NC2(CCCCCC2)C(=O)N1CC(O)COc1ccccc1. The number of nitrogens with zero attached hydrogens (tertiary/aromatic N) is 1. The molecule has 1 aromatic rings. The van der Waals surface area contributed by atoms with E-state index in [4.69, 9.17) is 4.74 Å². The smallest absolute Gasteiger partial charge is 0.325 e. The molecule has 1 saturated heterocycles. The second-order valence-corrected chi connectivity index (χ2v) is 6.62. The fourth-order valence-corrected chi connectivity index (χ4v) is 3.49. The number of imide groups is 1. The van der Waals surface area contributed by atoms with Crippen LogP contribution in [-0.2, 0) is 4.79 Å². The van der Waals surface area contributed by atoms with E-state index >= 15 is 0 Å². The van der Waals surface area contributed by atoms with Gasteiger partial charge in [0, 0.05) is 0 Å². The van der Waals surface area contributed by atoms with Crippen molar-refractivity contribution in [2.45, 2.75) is 50.2 Å². The molecule has 1 unspecified atom stereocenters. The third-order valence-corrected chi connectivity index (χ3v) is 4.78. The number of hydrogen-bond donors (Lipinski definition) is 2. The lowest BCUT2D eigenvalue weighted by Crippen LogP contribution is -2.47. The third-order valence-electron chi connectivity index (χ3n) is 4.78. The third kappa shape index (κ3) is 3.53. The molecule has 1 heterocycles. The van der Waals surface area contributed by atoms with Crippen LogP contribution in [0.15, 0.2) is 30.3 Å². The molecule has 1 aliphatic carbocycles. The Labute approximate surface area is 141 Å². The van der Waals surface area contributed by atoms with Crippen LogP contribution in [-0.4, -0.2) is 46.7 Å². The Morgan fingerprint density at radius 2 is 1.79 bits per heavy atom. The number of rotatable bonds is 5. The summed E-state index contributed by atoms with van der Waals surface area (Å²) in [7, 11) is 0. The van der Waals surface area contributed by atoms with E-state index in [0.29, 0.717) is 18.6 Å². The van der Waals surface area contributed by atoms with E-state index in [1.165, 1.54) is 0 Å². The Bertz CT molecular complexity index is 582. The van der Waals surface area contributed by atoms with Crippen LogP contribution < -0.4 is 10.1 Å². The van der Waals surface area contributed by atoms with E-state index in [1.807, 2.05) is 18.2 Å². The number of para-hydroxylation sites is 1. The lowest BCUT2D eigenvalue weighted by Gasteiger charge is -2.25. The summed E-state index contributed by atoms with van der Waals surface area (Å²) in [5.41, 5.74) is -0.756. The highest BCUT2D eigenvalue weighted by molar-refractivity contribution is 6.07. The van der Waals surface area contributed by atoms with Crippen molar-refractivity contribution in [1.29, 1.82) is 0 Å². The van der Waals surface area contributed by atoms with Crippen molar-refractivity contribution in [3.8, 4) is 5.75 Å². The number of benzene rings is 1. The van der Waals surface area contributed by atoms with Crippen molar-refractivity contribution < 1.29 is 19.4 Å². The van der Waals surface area contributed by atoms with Crippen molar-refractivity contribution >= 4 is 11.9 Å². The molecule has 6 nitrogen and oxygen atoms in total. The molecule has 2 fully saturated rings. The van der Waals surface area contributed by atoms with Crippen molar-refractivity contribution in [1.82, 2.24) is 10.2 Å². The molecule has 1 atom stereocenters. The normalized spacial score (nSPS) is 21.5. The zero-order chi connectivity index (χ0) is 17.0. The summed E-state index contributed by atoms with van der Waals surface area (Å²) in [5, 5.41) is 13.0. The largest absolute Gasteiger partial charge is 0.491 e. The van der Waals surface area contributed by atoms with Gasteiger partial charge in [-0.05, 0) is 25.0 Å². The minimum Gasteiger partial charge on any atom is -0.491 e. The van der Waals surface area contributed by atoms with Gasteiger partial charge in [-0.1, -0.05) is 43.9 Å². The van der Waals surface area contributed by atoms with Crippen LogP contribution in [0.5, 0.6) is 5.75 Å². The van der Waals surface area contributed by atoms with Crippen LogP contribution in [0.25, 0.3) is 0 Å². The minimum atomic E-state index is -0.916. The minimum absolute atomic E-state index is 0.0358. The van der Waals surface area contributed by atoms with E-state index < -0.39 is 17.7 Å². The number of carbonyl (C=O) groups is 2. The number of nitrogens with one attached hydrogen (secondary N) is 1. The van der Waals surface area contributed by atoms with Gasteiger partial charge in [0.05, 0.1) is 6.54 Å². The van der Waals surface area contributed by atoms with E-state index in [9.17, 15) is 14.7 Å². The molecule has 24 heavy (non-hydrogen) atoms. The predicted octanol–water partition coefficient (Wildman–Crippen LogP) is 2.07. The lowest BCUT2D eigenvalue weighted by atomic mass is 9.90. The lowest BCUT2D eigenvalue weighted by molar-refractivity contribution is -0.132. The number of carbonyl (C=O) groups excluding carboxylic acids is 2. The van der Waals surface area contributed by atoms with E-state index in [-0.39, 0.29) is 19.1 Å². The molecule has 0 bridgehead atoms. The molecule has 0 aromatic heterocycles. The number of ether oxygens (including phenoxy) is 1. The highest BCUT2D eigenvalue weighted by Crippen LogP contribution is 2.32. The Morgan fingerprint density at radius 1 is 1.12 bits per heavy atom. The Morgan fingerprint density at radius 3 is 2.46 bits per heavy atom. The maximum Gasteiger partial charge on any atom is 0.325 e. The fraction of sp³-hybridized carbons (Fsp3) is 0.556. The van der Waals surface area contributed by atoms with Crippen molar-refractivity contribution in [2.24, 2.45) is 0 Å². The first-order valence-corrected chi connectivity index (χ1v) is 8.61. The van der Waals surface area contributed by atoms with Crippen LogP contribution in [0.1, 0.15) is 38.5 Å². The van der Waals surface area contributed by atoms with E-state index in [2.05, 4.69) is 5.32 Å². The van der Waals surface area contributed by atoms with Crippen molar-refractivity contribution in [3.63, 3.8) is 0 Å². The zero-order valence-corrected chi connectivity index (χ0v) is 13.7. The molecule has 130 valence electrons. The maximum atomic E-state index is 12.7. The maximum absolute atomic E-state index is 12.7. The van der Waals surface area contributed by atoms with Crippen LogP contribution in [0.4, 0.5) is 4.79 Å². The van der Waals surface area contributed by atoms with Gasteiger partial charge in [-0.2, -0.15) is 0 Å². The number of urea groups is 1. The van der Waals surface area contributed by atoms with E-state index in [0.717, 1.165) is 30.6 Å². The van der Waals surface area contributed by atoms with E-state index in [1.54, 1.807) is 12.1 Å². The molecule has 2 N–H and O–H groups in total. The number of aliphatic hydroxyl groups is 1. The summed E-state index contributed by atoms with van der Waals surface area (Å²) < 4.78 is 5.49. The molecular formula is C18H24N2O4. The fourth-order valence-electron chi connectivity index (χ4n) is 3.49. The van der Waals surface area contributed by atoms with Crippen molar-refractivity contribution in [3.05, 3.63) is 30.3 Å². The van der Waals surface area contributed by atoms with Gasteiger partial charge in [0.2, 0.25) is 0 Å². The molecule has 1 saturated carbocycles. The number of hydrogen-bond acceptors (Lipinski definition) is 4. The van der Waals surface area contributed by atoms with Gasteiger partial charge >= 0.3 is 6.03 Å². The molecule has 3 amide bonds. The van der Waals surface area contributed by atoms with Crippen molar-refractivity contribution in [2.75, 3.05) is 13.2 Å². The molecule has 6 heteroatoms. The van der Waals surface area contributed by atoms with Gasteiger partial charge in [0.15, 0.2) is 0 Å². The molecule has 1 aliphatic heterocycles. The van der Waals surface area contributed by atoms with Crippen LogP contribution in [0, 0.1) is 0 Å². The molecular weight excluding hydrogens is 308 g/mol. The number of β-amino-alcohol motifs (C(OH)–C–C–N with tert-alkyl or cyclic N) is 1. The highest BCUT2D eigenvalue weighted by Gasteiger charge is 2.50. The molecule has 1 aromatic carbocycles. The number of aliphatic hydroxyl groups excluding tert-OH is 1. The van der Waals surface area contributed by atoms with Gasteiger partial charge in [-0.3, -0.25) is 9.69 Å². The Hall–Kier alpha value is -2.08. The van der Waals surface area contributed by atoms with Gasteiger partial charge in [0.1, 0.15) is 24.0 Å². The summed E-state index contributed by atoms with van der Waals surface area (Å²) in [6.07, 6.45) is 4.53. The number of amides is 3. The molecule has 1 spiro atoms. The summed E-state index contributed by atoms with van der Waals surface area (Å²) >= 11 is 0. The first-order valence-electron chi connectivity index (χ1n) is 8.61. The van der Waals surface area contributed by atoms with Crippen LogP contribution >= 0.6 is 0 Å². The zero-order valence-electron chi connectivity index (χ0n) is 13.7. The summed E-state index contributed by atoms with van der Waals surface area (Å²) in [6.45, 7) is -0.00662. The van der Waals surface area contributed by atoms with Gasteiger partial charge in [-0.15, -0.1) is 0 Å². The standard InChI is InChI=1S/C18H24N2O4/c21-14(13-24-15-8-4-3-5-9-15)12-20-16(22)18(19-17(20)23)10-6-1-2-7-11-18/h3-5,8-9,14,21H,1-2,6-7,10-13H2,(H,19,23). The molecule has 2 aliphatic rings. The second-order valence-electron chi connectivity index (χ2n) is 6.62. The average Bonchev–Trinajstić information content (AvgIpc) is 2.76. The quantitative estimate of drug-likeness (QED) is 0.809. The van der Waals surface area contributed by atoms with Crippen LogP contribution in [0.2, 0.25) is 0 Å². The highest BCUT2D eigenvalue weighted by atomic mass is 16.5. The monoisotopic (exact) mass is 332 g/mol. The van der Waals surface area contributed by atoms with Gasteiger partial charge < -0.3 is 15.2 Å². The molecule has 0 radical (unpaired) electrons. The summed E-state index contributed by atoms with van der Waals surface area (Å²) in [4.78, 5) is 26.1. The topological polar surface area (TPSA) is 78.9 Å². The average molecular weight is 332 g/mol. The van der Waals surface area contributed by atoms with Gasteiger partial charge in [0.25, 0.3) is 5.91 Å². The first-order chi connectivity index (χ1) is 11.6.